The average molecular weight is 282 g/mol. The number of amides is 2. The van der Waals surface area contributed by atoms with Crippen LogP contribution in [0.5, 0.6) is 0 Å². The summed E-state index contributed by atoms with van der Waals surface area (Å²) in [5.41, 5.74) is -0.241. The molecule has 0 saturated heterocycles. The highest BCUT2D eigenvalue weighted by Gasteiger charge is 2.17. The molecule has 0 aliphatic carbocycles. The van der Waals surface area contributed by atoms with Crippen LogP contribution >= 0.6 is 0 Å². The van der Waals surface area contributed by atoms with Crippen LogP contribution in [0.1, 0.15) is 10.4 Å². The summed E-state index contributed by atoms with van der Waals surface area (Å²) in [6, 6.07) is 5.31. The number of esters is 1. The first-order valence-electron chi connectivity index (χ1n) is 5.82. The maximum Gasteiger partial charge on any atom is 0.341 e. The fourth-order valence-electron chi connectivity index (χ4n) is 1.32. The van der Waals surface area contributed by atoms with Crippen molar-refractivity contribution >= 4 is 17.8 Å². The maximum absolute atomic E-state index is 13.3. The minimum atomic E-state index is -0.926. The van der Waals surface area contributed by atoms with Crippen molar-refractivity contribution in [1.82, 2.24) is 10.2 Å². The molecule has 0 aromatic heterocycles. The van der Waals surface area contributed by atoms with Crippen LogP contribution in [-0.2, 0) is 14.3 Å². The van der Waals surface area contributed by atoms with Crippen molar-refractivity contribution in [2.24, 2.45) is 0 Å². The molecule has 2 amide bonds. The summed E-state index contributed by atoms with van der Waals surface area (Å²) in [6.07, 6.45) is 0. The van der Waals surface area contributed by atoms with Gasteiger partial charge >= 0.3 is 5.97 Å². The topological polar surface area (TPSA) is 75.7 Å². The zero-order valence-corrected chi connectivity index (χ0v) is 11.2. The normalized spacial score (nSPS) is 9.75. The summed E-state index contributed by atoms with van der Waals surface area (Å²) < 4.78 is 18.0. The number of nitrogens with zero attached hydrogens (tertiary/aromatic N) is 1. The lowest BCUT2D eigenvalue weighted by Gasteiger charge is -2.15. The lowest BCUT2D eigenvalue weighted by molar-refractivity contribution is -0.137. The first-order valence-corrected chi connectivity index (χ1v) is 5.82. The molecule has 0 spiro atoms. The second kappa shape index (κ2) is 7.22. The lowest BCUT2D eigenvalue weighted by Crippen LogP contribution is -2.39. The van der Waals surface area contributed by atoms with E-state index >= 15 is 0 Å². The molecule has 0 atom stereocenters. The smallest absolute Gasteiger partial charge is 0.341 e. The van der Waals surface area contributed by atoms with Gasteiger partial charge < -0.3 is 15.0 Å². The average Bonchev–Trinajstić information content (AvgIpc) is 2.44. The summed E-state index contributed by atoms with van der Waals surface area (Å²) in [5.74, 6) is -2.55. The Hall–Kier alpha value is -2.44. The molecular weight excluding hydrogens is 267 g/mol. The Morgan fingerprint density at radius 2 is 1.95 bits per heavy atom. The van der Waals surface area contributed by atoms with Crippen LogP contribution in [-0.4, -0.2) is 49.9 Å². The number of hydrogen-bond acceptors (Lipinski definition) is 4. The quantitative estimate of drug-likeness (QED) is 0.782. The van der Waals surface area contributed by atoms with Gasteiger partial charge in [0, 0.05) is 14.1 Å². The van der Waals surface area contributed by atoms with Gasteiger partial charge in [0.25, 0.3) is 5.91 Å². The van der Waals surface area contributed by atoms with Crippen molar-refractivity contribution < 1.29 is 23.5 Å². The third-order valence-corrected chi connectivity index (χ3v) is 2.51. The molecule has 0 heterocycles. The molecule has 108 valence electrons. The van der Waals surface area contributed by atoms with E-state index in [1.54, 1.807) is 0 Å². The first-order chi connectivity index (χ1) is 9.45. The minimum Gasteiger partial charge on any atom is -0.452 e. The summed E-state index contributed by atoms with van der Waals surface area (Å²) in [6.45, 7) is -0.701. The van der Waals surface area contributed by atoms with Gasteiger partial charge in [-0.25, -0.2) is 9.18 Å². The first kappa shape index (κ1) is 15.6. The summed E-state index contributed by atoms with van der Waals surface area (Å²) in [5, 5.41) is 2.36. The van der Waals surface area contributed by atoms with Gasteiger partial charge in [-0.05, 0) is 12.1 Å². The fraction of sp³-hybridized carbons (Fsp3) is 0.308. The second-order valence-electron chi connectivity index (χ2n) is 3.98. The second-order valence-corrected chi connectivity index (χ2v) is 3.98. The highest BCUT2D eigenvalue weighted by atomic mass is 19.1. The number of halogens is 1. The van der Waals surface area contributed by atoms with E-state index in [1.165, 1.54) is 32.3 Å². The molecule has 1 N–H and O–H groups in total. The molecule has 0 aliphatic heterocycles. The van der Waals surface area contributed by atoms with Crippen molar-refractivity contribution in [2.75, 3.05) is 27.2 Å². The Kier molecular flexibility index (Phi) is 5.64. The van der Waals surface area contributed by atoms with Gasteiger partial charge in [0.15, 0.2) is 6.61 Å². The molecule has 0 unspecified atom stereocenters. The van der Waals surface area contributed by atoms with E-state index in [0.29, 0.717) is 0 Å². The van der Waals surface area contributed by atoms with Crippen molar-refractivity contribution in [1.29, 1.82) is 0 Å². The van der Waals surface area contributed by atoms with E-state index in [4.69, 9.17) is 4.74 Å². The summed E-state index contributed by atoms with van der Waals surface area (Å²) in [4.78, 5) is 35.3. The van der Waals surface area contributed by atoms with Gasteiger partial charge in [-0.15, -0.1) is 0 Å². The molecule has 0 saturated carbocycles. The summed E-state index contributed by atoms with van der Waals surface area (Å²) >= 11 is 0. The molecule has 1 rings (SSSR count). The van der Waals surface area contributed by atoms with E-state index in [2.05, 4.69) is 5.32 Å². The molecular formula is C13H15FN2O4. The number of hydrogen-bond donors (Lipinski definition) is 1. The van der Waals surface area contributed by atoms with Gasteiger partial charge in [0.05, 0.1) is 12.1 Å². The van der Waals surface area contributed by atoms with Crippen LogP contribution < -0.4 is 5.32 Å². The standard InChI is InChI=1S/C13H15FN2O4/c1-15-11(17)7-16(2)12(18)8-20-13(19)9-5-3-4-6-10(9)14/h3-6H,7-8H2,1-2H3,(H,15,17). The molecule has 0 radical (unpaired) electrons. The van der Waals surface area contributed by atoms with Crippen LogP contribution in [0.4, 0.5) is 4.39 Å². The Balaban J connectivity index is 2.51. The van der Waals surface area contributed by atoms with Gasteiger partial charge in [-0.2, -0.15) is 0 Å². The number of likely N-dealkylation sites (N-methyl/N-ethyl adjacent to an activating group) is 2. The molecule has 0 aliphatic rings. The van der Waals surface area contributed by atoms with E-state index in [9.17, 15) is 18.8 Å². The molecule has 0 bridgehead atoms. The van der Waals surface area contributed by atoms with Crippen LogP contribution in [0.25, 0.3) is 0 Å². The SMILES string of the molecule is CNC(=O)CN(C)C(=O)COC(=O)c1ccccc1F. The highest BCUT2D eigenvalue weighted by Crippen LogP contribution is 2.07. The van der Waals surface area contributed by atoms with Gasteiger partial charge in [-0.1, -0.05) is 12.1 Å². The lowest BCUT2D eigenvalue weighted by atomic mass is 10.2. The Morgan fingerprint density at radius 1 is 1.30 bits per heavy atom. The third kappa shape index (κ3) is 4.34. The molecule has 7 heteroatoms. The molecule has 1 aromatic carbocycles. The zero-order valence-electron chi connectivity index (χ0n) is 11.2. The predicted molar refractivity (Wildman–Crippen MR) is 68.4 cm³/mol. The summed E-state index contributed by atoms with van der Waals surface area (Å²) in [7, 11) is 2.84. The van der Waals surface area contributed by atoms with Crippen molar-refractivity contribution in [3.05, 3.63) is 35.6 Å². The molecule has 0 fully saturated rings. The highest BCUT2D eigenvalue weighted by molar-refractivity contribution is 5.92. The largest absolute Gasteiger partial charge is 0.452 e. The molecule has 20 heavy (non-hydrogen) atoms. The molecule has 1 aromatic rings. The van der Waals surface area contributed by atoms with Gasteiger partial charge in [-0.3, -0.25) is 9.59 Å². The minimum absolute atomic E-state index is 0.146. The van der Waals surface area contributed by atoms with E-state index in [-0.39, 0.29) is 18.0 Å². The van der Waals surface area contributed by atoms with Gasteiger partial charge in [0.1, 0.15) is 5.82 Å². The van der Waals surface area contributed by atoms with Crippen LogP contribution in [0.2, 0.25) is 0 Å². The zero-order chi connectivity index (χ0) is 15.1. The number of nitrogens with one attached hydrogen (secondary N) is 1. The molecule has 6 nitrogen and oxygen atoms in total. The Bertz CT molecular complexity index is 519. The van der Waals surface area contributed by atoms with Crippen LogP contribution in [0, 0.1) is 5.82 Å². The number of carbonyl (C=O) groups excluding carboxylic acids is 3. The third-order valence-electron chi connectivity index (χ3n) is 2.51. The number of benzene rings is 1. The number of carbonyl (C=O) groups is 3. The van der Waals surface area contributed by atoms with E-state index in [0.717, 1.165) is 11.0 Å². The fourth-order valence-corrected chi connectivity index (χ4v) is 1.32. The van der Waals surface area contributed by atoms with Crippen molar-refractivity contribution in [3.63, 3.8) is 0 Å². The maximum atomic E-state index is 13.3. The van der Waals surface area contributed by atoms with Crippen LogP contribution in [0.15, 0.2) is 24.3 Å². The van der Waals surface area contributed by atoms with Crippen LogP contribution in [0.3, 0.4) is 0 Å². The van der Waals surface area contributed by atoms with E-state index in [1.807, 2.05) is 0 Å². The Labute approximate surface area is 115 Å². The van der Waals surface area contributed by atoms with Crippen molar-refractivity contribution in [2.45, 2.75) is 0 Å². The Morgan fingerprint density at radius 3 is 2.55 bits per heavy atom. The predicted octanol–water partition coefficient (Wildman–Crippen LogP) is 0.187. The van der Waals surface area contributed by atoms with Crippen molar-refractivity contribution in [3.8, 4) is 0 Å². The number of rotatable bonds is 5. The monoisotopic (exact) mass is 282 g/mol. The number of ether oxygens (including phenoxy) is 1. The van der Waals surface area contributed by atoms with E-state index < -0.39 is 24.3 Å². The van der Waals surface area contributed by atoms with Gasteiger partial charge in [0.2, 0.25) is 5.91 Å².